The zero-order valence-corrected chi connectivity index (χ0v) is 14.0. The minimum Gasteiger partial charge on any atom is -0.462 e. The minimum atomic E-state index is -0.503. The lowest BCUT2D eigenvalue weighted by Crippen LogP contribution is -2.60. The van der Waals surface area contributed by atoms with Crippen molar-refractivity contribution in [2.45, 2.75) is 39.3 Å². The fraction of sp³-hybridized carbons (Fsp3) is 0.643. The van der Waals surface area contributed by atoms with Gasteiger partial charge in [-0.3, -0.25) is 0 Å². The number of hydrogen-bond donors (Lipinski definition) is 1. The van der Waals surface area contributed by atoms with Gasteiger partial charge in [0.2, 0.25) is 0 Å². The molecule has 2 rings (SSSR count). The second kappa shape index (κ2) is 6.51. The summed E-state index contributed by atoms with van der Waals surface area (Å²) in [6.45, 7) is 8.88. The summed E-state index contributed by atoms with van der Waals surface area (Å²) < 4.78 is 10.1. The molecular formula is C14H21N3O4S. The number of esters is 1. The van der Waals surface area contributed by atoms with E-state index in [1.54, 1.807) is 6.92 Å². The molecule has 1 N–H and O–H groups in total. The first-order valence-electron chi connectivity index (χ1n) is 7.16. The minimum absolute atomic E-state index is 0.0322. The van der Waals surface area contributed by atoms with Gasteiger partial charge in [0.15, 0.2) is 5.13 Å². The van der Waals surface area contributed by atoms with E-state index < -0.39 is 11.7 Å². The number of carbonyl (C=O) groups is 2. The van der Waals surface area contributed by atoms with Crippen LogP contribution >= 0.6 is 11.3 Å². The van der Waals surface area contributed by atoms with Gasteiger partial charge in [0.25, 0.3) is 0 Å². The van der Waals surface area contributed by atoms with Crippen molar-refractivity contribution in [3.63, 3.8) is 0 Å². The quantitative estimate of drug-likeness (QED) is 0.852. The molecule has 1 aromatic heterocycles. The highest BCUT2D eigenvalue weighted by molar-refractivity contribution is 7.17. The van der Waals surface area contributed by atoms with E-state index in [-0.39, 0.29) is 12.0 Å². The van der Waals surface area contributed by atoms with Crippen LogP contribution in [0.15, 0.2) is 6.20 Å². The van der Waals surface area contributed by atoms with E-state index in [1.807, 2.05) is 25.7 Å². The van der Waals surface area contributed by atoms with E-state index in [1.165, 1.54) is 17.5 Å². The topological polar surface area (TPSA) is 80.8 Å². The second-order valence-electron chi connectivity index (χ2n) is 5.98. The van der Waals surface area contributed by atoms with Crippen LogP contribution in [0.1, 0.15) is 37.4 Å². The Bertz CT molecular complexity index is 547. The highest BCUT2D eigenvalue weighted by atomic mass is 32.1. The molecule has 0 saturated carbocycles. The van der Waals surface area contributed by atoms with Gasteiger partial charge in [0.05, 0.1) is 18.8 Å². The molecule has 0 bridgehead atoms. The number of thiazole rings is 1. The third kappa shape index (κ3) is 4.33. The molecule has 1 aromatic rings. The van der Waals surface area contributed by atoms with E-state index in [9.17, 15) is 9.59 Å². The van der Waals surface area contributed by atoms with Crippen molar-refractivity contribution in [1.29, 1.82) is 0 Å². The molecule has 1 aliphatic heterocycles. The predicted octanol–water partition coefficient (Wildman–Crippen LogP) is 2.03. The van der Waals surface area contributed by atoms with Crippen molar-refractivity contribution in [2.24, 2.45) is 0 Å². The molecule has 0 aromatic carbocycles. The highest BCUT2D eigenvalue weighted by Crippen LogP contribution is 2.27. The Balaban J connectivity index is 1.79. The largest absolute Gasteiger partial charge is 0.462 e. The Morgan fingerprint density at radius 1 is 1.45 bits per heavy atom. The summed E-state index contributed by atoms with van der Waals surface area (Å²) in [5.74, 6) is -0.352. The first-order chi connectivity index (χ1) is 10.3. The van der Waals surface area contributed by atoms with Crippen molar-refractivity contribution >= 4 is 28.5 Å². The van der Waals surface area contributed by atoms with Gasteiger partial charge in [-0.1, -0.05) is 11.3 Å². The molecule has 1 amide bonds. The van der Waals surface area contributed by atoms with Gasteiger partial charge in [-0.15, -0.1) is 0 Å². The van der Waals surface area contributed by atoms with E-state index >= 15 is 0 Å². The summed E-state index contributed by atoms with van der Waals surface area (Å²) in [5.41, 5.74) is -0.503. The Morgan fingerprint density at radius 3 is 2.73 bits per heavy atom. The molecular weight excluding hydrogens is 306 g/mol. The molecule has 8 heteroatoms. The zero-order valence-electron chi connectivity index (χ0n) is 13.2. The molecule has 1 fully saturated rings. The van der Waals surface area contributed by atoms with Crippen LogP contribution in [-0.2, 0) is 9.47 Å². The van der Waals surface area contributed by atoms with Crippen molar-refractivity contribution in [3.05, 3.63) is 11.1 Å². The number of aromatic nitrogens is 1. The number of rotatable bonds is 4. The third-order valence-corrected chi connectivity index (χ3v) is 3.88. The summed E-state index contributed by atoms with van der Waals surface area (Å²) in [6.07, 6.45) is 1.11. The number of carbonyl (C=O) groups excluding carboxylic acids is 2. The molecule has 122 valence electrons. The van der Waals surface area contributed by atoms with Crippen LogP contribution in [0, 0.1) is 0 Å². The van der Waals surface area contributed by atoms with Gasteiger partial charge in [0.1, 0.15) is 10.5 Å². The predicted molar refractivity (Wildman–Crippen MR) is 83.4 cm³/mol. The van der Waals surface area contributed by atoms with Crippen molar-refractivity contribution in [2.75, 3.05) is 24.6 Å². The summed E-state index contributed by atoms with van der Waals surface area (Å²) in [5, 5.41) is 3.56. The van der Waals surface area contributed by atoms with Crippen LogP contribution < -0.4 is 10.2 Å². The van der Waals surface area contributed by atoms with Gasteiger partial charge >= 0.3 is 12.1 Å². The van der Waals surface area contributed by atoms with E-state index in [2.05, 4.69) is 10.3 Å². The lowest BCUT2D eigenvalue weighted by atomic mass is 10.1. The van der Waals surface area contributed by atoms with Crippen molar-refractivity contribution in [3.8, 4) is 0 Å². The Kier molecular flexibility index (Phi) is 4.90. The molecule has 7 nitrogen and oxygen atoms in total. The number of nitrogens with one attached hydrogen (secondary N) is 1. The van der Waals surface area contributed by atoms with Crippen LogP contribution in [0.3, 0.4) is 0 Å². The molecule has 2 heterocycles. The Hall–Kier alpha value is -1.83. The normalized spacial score (nSPS) is 15.2. The second-order valence-corrected chi connectivity index (χ2v) is 6.98. The molecule has 0 aliphatic carbocycles. The number of nitrogens with zero attached hydrogens (tertiary/aromatic N) is 2. The first-order valence-corrected chi connectivity index (χ1v) is 7.97. The van der Waals surface area contributed by atoms with Gasteiger partial charge < -0.3 is 19.7 Å². The molecule has 0 radical (unpaired) electrons. The monoisotopic (exact) mass is 327 g/mol. The van der Waals surface area contributed by atoms with Crippen LogP contribution in [0.2, 0.25) is 0 Å². The van der Waals surface area contributed by atoms with Gasteiger partial charge in [-0.25, -0.2) is 14.6 Å². The average Bonchev–Trinajstić information content (AvgIpc) is 2.80. The van der Waals surface area contributed by atoms with E-state index in [0.717, 1.165) is 5.13 Å². The summed E-state index contributed by atoms with van der Waals surface area (Å²) in [4.78, 5) is 29.9. The SMILES string of the molecule is CCOC(=O)c1cnc(N2CC(NC(=O)OC(C)(C)C)C2)s1. The molecule has 1 aliphatic rings. The van der Waals surface area contributed by atoms with Crippen LogP contribution in [0.4, 0.5) is 9.93 Å². The molecule has 0 atom stereocenters. The fourth-order valence-electron chi connectivity index (χ4n) is 1.91. The first kappa shape index (κ1) is 16.5. The van der Waals surface area contributed by atoms with Crippen molar-refractivity contribution in [1.82, 2.24) is 10.3 Å². The Labute approximate surface area is 133 Å². The standard InChI is InChI=1S/C14H21N3O4S/c1-5-20-11(18)10-6-15-12(22-10)17-7-9(8-17)16-13(19)21-14(2,3)4/h6,9H,5,7-8H2,1-4H3,(H,16,19). The van der Waals surface area contributed by atoms with Crippen molar-refractivity contribution < 1.29 is 19.1 Å². The average molecular weight is 327 g/mol. The molecule has 0 unspecified atom stereocenters. The highest BCUT2D eigenvalue weighted by Gasteiger charge is 2.31. The zero-order chi connectivity index (χ0) is 16.3. The lowest BCUT2D eigenvalue weighted by Gasteiger charge is -2.39. The van der Waals surface area contributed by atoms with E-state index in [0.29, 0.717) is 24.6 Å². The molecule has 1 saturated heterocycles. The fourth-order valence-corrected chi connectivity index (χ4v) is 2.74. The number of amides is 1. The van der Waals surface area contributed by atoms with Gasteiger partial charge in [-0.2, -0.15) is 0 Å². The summed E-state index contributed by atoms with van der Waals surface area (Å²) >= 11 is 1.29. The van der Waals surface area contributed by atoms with Crippen LogP contribution in [0.5, 0.6) is 0 Å². The maximum absolute atomic E-state index is 11.6. The molecule has 22 heavy (non-hydrogen) atoms. The van der Waals surface area contributed by atoms with Gasteiger partial charge in [0, 0.05) is 13.1 Å². The number of anilines is 1. The van der Waals surface area contributed by atoms with Gasteiger partial charge in [-0.05, 0) is 27.7 Å². The summed E-state index contributed by atoms with van der Waals surface area (Å²) in [7, 11) is 0. The summed E-state index contributed by atoms with van der Waals surface area (Å²) in [6, 6.07) is 0.0322. The third-order valence-electron chi connectivity index (χ3n) is 2.84. The number of alkyl carbamates (subject to hydrolysis) is 1. The van der Waals surface area contributed by atoms with E-state index in [4.69, 9.17) is 9.47 Å². The lowest BCUT2D eigenvalue weighted by molar-refractivity contribution is 0.0493. The van der Waals surface area contributed by atoms with Crippen LogP contribution in [-0.4, -0.2) is 48.4 Å². The maximum Gasteiger partial charge on any atom is 0.407 e. The maximum atomic E-state index is 11.6. The number of hydrogen-bond acceptors (Lipinski definition) is 7. The number of ether oxygens (including phenoxy) is 2. The van der Waals surface area contributed by atoms with Crippen LogP contribution in [0.25, 0.3) is 0 Å². The smallest absolute Gasteiger partial charge is 0.407 e. The Morgan fingerprint density at radius 2 is 2.14 bits per heavy atom. The molecule has 0 spiro atoms.